The first-order chi connectivity index (χ1) is 12.7. The van der Waals surface area contributed by atoms with Crippen molar-refractivity contribution >= 4 is 27.8 Å². The predicted molar refractivity (Wildman–Crippen MR) is 106 cm³/mol. The third-order valence-corrected chi connectivity index (χ3v) is 5.73. The molecule has 7 nitrogen and oxygen atoms in total. The van der Waals surface area contributed by atoms with E-state index in [1.54, 1.807) is 4.90 Å². The van der Waals surface area contributed by atoms with Crippen LogP contribution in [0.3, 0.4) is 0 Å². The summed E-state index contributed by atoms with van der Waals surface area (Å²) in [5.41, 5.74) is 1.14. The number of amides is 1. The van der Waals surface area contributed by atoms with Gasteiger partial charge in [-0.2, -0.15) is 13.1 Å². The quantitative estimate of drug-likeness (QED) is 0.698. The molecule has 1 aliphatic heterocycles. The molecule has 1 aromatic rings. The predicted octanol–water partition coefficient (Wildman–Crippen LogP) is 1.88. The van der Waals surface area contributed by atoms with Gasteiger partial charge in [0.25, 0.3) is 0 Å². The summed E-state index contributed by atoms with van der Waals surface area (Å²) in [6.45, 7) is 6.41. The molecule has 0 unspecified atom stereocenters. The van der Waals surface area contributed by atoms with Crippen LogP contribution in [0.25, 0.3) is 0 Å². The zero-order chi connectivity index (χ0) is 20.0. The Morgan fingerprint density at radius 3 is 2.74 bits per heavy atom. The first kappa shape index (κ1) is 22.1. The van der Waals surface area contributed by atoms with Gasteiger partial charge in [0, 0.05) is 44.3 Å². The standard InChI is InChI=1S/C18H28ClN3O4S/c1-14(2)9-17-12-22(18(23)13-26-27(24,25)20-3)8-7-21(17)11-15-5-4-6-16(19)10-15/h4-6,10,14,17,20H,7-9,11-13H2,1-3H3/t17-/m0/s1. The van der Waals surface area contributed by atoms with E-state index in [-0.39, 0.29) is 11.9 Å². The highest BCUT2D eigenvalue weighted by molar-refractivity contribution is 7.84. The first-order valence-corrected chi connectivity index (χ1v) is 10.8. The molecule has 1 N–H and O–H groups in total. The van der Waals surface area contributed by atoms with Gasteiger partial charge in [-0.3, -0.25) is 9.69 Å². The van der Waals surface area contributed by atoms with E-state index in [2.05, 4.69) is 22.9 Å². The molecular weight excluding hydrogens is 390 g/mol. The Bertz CT molecular complexity index is 742. The van der Waals surface area contributed by atoms with Gasteiger partial charge in [-0.1, -0.05) is 37.6 Å². The number of rotatable bonds is 8. The molecule has 27 heavy (non-hydrogen) atoms. The van der Waals surface area contributed by atoms with Gasteiger partial charge in [-0.25, -0.2) is 4.18 Å². The SMILES string of the molecule is CNS(=O)(=O)OCC(=O)N1CCN(Cc2cccc(Cl)c2)[C@@H](CC(C)C)C1. The number of nitrogens with zero attached hydrogens (tertiary/aromatic N) is 2. The summed E-state index contributed by atoms with van der Waals surface area (Å²) in [5.74, 6) is 0.165. The third-order valence-electron chi connectivity index (χ3n) is 4.56. The van der Waals surface area contributed by atoms with Crippen molar-refractivity contribution in [2.45, 2.75) is 32.9 Å². The van der Waals surface area contributed by atoms with Gasteiger partial charge in [0.1, 0.15) is 6.61 Å². The van der Waals surface area contributed by atoms with Crippen molar-refractivity contribution in [1.82, 2.24) is 14.5 Å². The third kappa shape index (κ3) is 7.04. The summed E-state index contributed by atoms with van der Waals surface area (Å²) in [6, 6.07) is 8.00. The van der Waals surface area contributed by atoms with Gasteiger partial charge >= 0.3 is 10.3 Å². The second-order valence-electron chi connectivity index (χ2n) is 7.14. The van der Waals surface area contributed by atoms with Crippen molar-refractivity contribution in [1.29, 1.82) is 0 Å². The largest absolute Gasteiger partial charge is 0.338 e. The van der Waals surface area contributed by atoms with Crippen LogP contribution in [0.4, 0.5) is 0 Å². The fourth-order valence-corrected chi connectivity index (χ4v) is 3.83. The molecule has 0 bridgehead atoms. The Labute approximate surface area is 166 Å². The highest BCUT2D eigenvalue weighted by Gasteiger charge is 2.30. The molecule has 1 saturated heterocycles. The number of piperazine rings is 1. The molecular formula is C18H28ClN3O4S. The fraction of sp³-hybridized carbons (Fsp3) is 0.611. The van der Waals surface area contributed by atoms with Crippen molar-refractivity contribution in [3.63, 3.8) is 0 Å². The van der Waals surface area contributed by atoms with Crippen LogP contribution in [0.15, 0.2) is 24.3 Å². The fourth-order valence-electron chi connectivity index (χ4n) is 3.24. The van der Waals surface area contributed by atoms with Gasteiger partial charge in [-0.15, -0.1) is 0 Å². The van der Waals surface area contributed by atoms with Crippen LogP contribution < -0.4 is 4.72 Å². The maximum absolute atomic E-state index is 12.4. The lowest BCUT2D eigenvalue weighted by Gasteiger charge is -2.42. The zero-order valence-electron chi connectivity index (χ0n) is 16.0. The number of carbonyl (C=O) groups excluding carboxylic acids is 1. The smallest absolute Gasteiger partial charge is 0.336 e. The van der Waals surface area contributed by atoms with Crippen molar-refractivity contribution < 1.29 is 17.4 Å². The number of carbonyl (C=O) groups is 1. The average molecular weight is 418 g/mol. The molecule has 9 heteroatoms. The Morgan fingerprint density at radius 1 is 1.37 bits per heavy atom. The monoisotopic (exact) mass is 417 g/mol. The maximum atomic E-state index is 12.4. The van der Waals surface area contributed by atoms with E-state index in [1.165, 1.54) is 7.05 Å². The van der Waals surface area contributed by atoms with Gasteiger partial charge in [-0.05, 0) is 30.0 Å². The average Bonchev–Trinajstić information content (AvgIpc) is 2.61. The second-order valence-corrected chi connectivity index (χ2v) is 9.13. The summed E-state index contributed by atoms with van der Waals surface area (Å²) in [5, 5.41) is 0.713. The van der Waals surface area contributed by atoms with Gasteiger partial charge in [0.15, 0.2) is 0 Å². The van der Waals surface area contributed by atoms with Gasteiger partial charge in [0.2, 0.25) is 5.91 Å². The van der Waals surface area contributed by atoms with E-state index in [4.69, 9.17) is 11.6 Å². The lowest BCUT2D eigenvalue weighted by molar-refractivity contribution is -0.136. The van der Waals surface area contributed by atoms with E-state index in [0.29, 0.717) is 30.6 Å². The van der Waals surface area contributed by atoms with Crippen LogP contribution in [0, 0.1) is 5.92 Å². The summed E-state index contributed by atoms with van der Waals surface area (Å²) in [6.07, 6.45) is 0.944. The highest BCUT2D eigenvalue weighted by atomic mass is 35.5. The maximum Gasteiger partial charge on any atom is 0.336 e. The number of hydrogen-bond acceptors (Lipinski definition) is 5. The molecule has 0 saturated carbocycles. The van der Waals surface area contributed by atoms with Crippen molar-refractivity contribution in [2.75, 3.05) is 33.3 Å². The molecule has 0 aliphatic carbocycles. The van der Waals surface area contributed by atoms with E-state index in [0.717, 1.165) is 18.5 Å². The number of benzene rings is 1. The van der Waals surface area contributed by atoms with E-state index >= 15 is 0 Å². The van der Waals surface area contributed by atoms with Crippen LogP contribution >= 0.6 is 11.6 Å². The first-order valence-electron chi connectivity index (χ1n) is 9.04. The summed E-state index contributed by atoms with van der Waals surface area (Å²) in [7, 11) is -2.62. The number of hydrogen-bond donors (Lipinski definition) is 1. The molecule has 1 fully saturated rings. The van der Waals surface area contributed by atoms with Crippen molar-refractivity contribution in [2.24, 2.45) is 5.92 Å². The van der Waals surface area contributed by atoms with Crippen molar-refractivity contribution in [3.05, 3.63) is 34.9 Å². The molecule has 2 rings (SSSR count). The molecule has 1 heterocycles. The van der Waals surface area contributed by atoms with Crippen LogP contribution in [-0.2, 0) is 25.8 Å². The molecule has 1 aliphatic rings. The lowest BCUT2D eigenvalue weighted by Crippen LogP contribution is -2.55. The van der Waals surface area contributed by atoms with Crippen LogP contribution in [0.5, 0.6) is 0 Å². The molecule has 152 valence electrons. The molecule has 1 aromatic carbocycles. The Hall–Kier alpha value is -1.19. The molecule has 0 spiro atoms. The van der Waals surface area contributed by atoms with Gasteiger partial charge < -0.3 is 4.90 Å². The Kier molecular flexibility index (Phi) is 8.05. The van der Waals surface area contributed by atoms with Crippen LogP contribution in [0.2, 0.25) is 5.02 Å². The molecule has 0 aromatic heterocycles. The molecule has 1 amide bonds. The van der Waals surface area contributed by atoms with Crippen molar-refractivity contribution in [3.8, 4) is 0 Å². The normalized spacial score (nSPS) is 18.9. The molecule has 0 radical (unpaired) electrons. The van der Waals surface area contributed by atoms with E-state index < -0.39 is 16.9 Å². The minimum Gasteiger partial charge on any atom is -0.338 e. The van der Waals surface area contributed by atoms with Crippen LogP contribution in [0.1, 0.15) is 25.8 Å². The topological polar surface area (TPSA) is 78.9 Å². The highest BCUT2D eigenvalue weighted by Crippen LogP contribution is 2.21. The number of nitrogens with one attached hydrogen (secondary N) is 1. The summed E-state index contributed by atoms with van der Waals surface area (Å²) < 4.78 is 29.4. The summed E-state index contributed by atoms with van der Waals surface area (Å²) >= 11 is 6.09. The lowest BCUT2D eigenvalue weighted by atomic mass is 9.99. The minimum absolute atomic E-state index is 0.197. The van der Waals surface area contributed by atoms with Crippen LogP contribution in [-0.4, -0.2) is 63.5 Å². The number of halogens is 1. The molecule has 1 atom stereocenters. The second kappa shape index (κ2) is 9.84. The minimum atomic E-state index is -3.86. The summed E-state index contributed by atoms with van der Waals surface area (Å²) in [4.78, 5) is 16.4. The van der Waals surface area contributed by atoms with Gasteiger partial charge in [0.05, 0.1) is 0 Å². The Morgan fingerprint density at radius 2 is 2.11 bits per heavy atom. The van der Waals surface area contributed by atoms with E-state index in [1.807, 2.05) is 29.0 Å². The Balaban J connectivity index is 2.01. The zero-order valence-corrected chi connectivity index (χ0v) is 17.6. The van der Waals surface area contributed by atoms with E-state index in [9.17, 15) is 13.2 Å².